The van der Waals surface area contributed by atoms with Crippen molar-refractivity contribution in [1.82, 2.24) is 19.7 Å². The van der Waals surface area contributed by atoms with E-state index in [9.17, 15) is 17.6 Å². The smallest absolute Gasteiger partial charge is 0.253 e. The molecule has 0 unspecified atom stereocenters. The van der Waals surface area contributed by atoms with Crippen LogP contribution < -0.4 is 5.32 Å². The zero-order valence-electron chi connectivity index (χ0n) is 10.1. The first-order valence-corrected chi connectivity index (χ1v) is 5.90. The molecule has 3 rings (SSSR count). The van der Waals surface area contributed by atoms with Crippen molar-refractivity contribution in [3.8, 4) is 0 Å². The van der Waals surface area contributed by atoms with Crippen LogP contribution in [0.2, 0.25) is 0 Å². The van der Waals surface area contributed by atoms with E-state index in [4.69, 9.17) is 0 Å². The van der Waals surface area contributed by atoms with Gasteiger partial charge in [-0.1, -0.05) is 0 Å². The van der Waals surface area contributed by atoms with Gasteiger partial charge in [-0.15, -0.1) is 10.2 Å². The second-order valence-corrected chi connectivity index (χ2v) is 4.44. The van der Waals surface area contributed by atoms with Crippen LogP contribution in [0.5, 0.6) is 0 Å². The van der Waals surface area contributed by atoms with Crippen LogP contribution in [0, 0.1) is 23.5 Å². The molecule has 1 saturated carbocycles. The molecule has 1 fully saturated rings. The Kier molecular flexibility index (Phi) is 3.03. The van der Waals surface area contributed by atoms with Crippen LogP contribution in [0.3, 0.4) is 0 Å². The number of nitrogens with zero attached hydrogens (tertiary/aromatic N) is 4. The molecule has 2 heterocycles. The van der Waals surface area contributed by atoms with Crippen molar-refractivity contribution in [2.75, 3.05) is 5.32 Å². The van der Waals surface area contributed by atoms with Gasteiger partial charge < -0.3 is 9.88 Å². The maximum atomic E-state index is 13.4. The third kappa shape index (κ3) is 2.19. The summed E-state index contributed by atoms with van der Waals surface area (Å²) in [7, 11) is 0. The zero-order valence-corrected chi connectivity index (χ0v) is 10.1. The van der Waals surface area contributed by atoms with E-state index in [1.54, 1.807) is 4.57 Å². The van der Waals surface area contributed by atoms with Gasteiger partial charge in [0.25, 0.3) is 11.9 Å². The maximum Gasteiger partial charge on any atom is 0.253 e. The number of anilines is 1. The number of nitrogens with one attached hydrogen (secondary N) is 1. The summed E-state index contributed by atoms with van der Waals surface area (Å²) in [6.45, 7) is -0.104. The summed E-state index contributed by atoms with van der Waals surface area (Å²) in [4.78, 5) is 2.48. The lowest BCUT2D eigenvalue weighted by Crippen LogP contribution is -2.12. The van der Waals surface area contributed by atoms with Crippen LogP contribution in [0.1, 0.15) is 24.7 Å². The third-order valence-corrected chi connectivity index (χ3v) is 3.01. The first-order valence-electron chi connectivity index (χ1n) is 5.90. The minimum atomic E-state index is -1.70. The highest BCUT2D eigenvalue weighted by molar-refractivity contribution is 5.45. The number of pyridine rings is 1. The quantitative estimate of drug-likeness (QED) is 0.691. The number of rotatable bonds is 4. The van der Waals surface area contributed by atoms with Gasteiger partial charge in [0.2, 0.25) is 11.6 Å². The van der Waals surface area contributed by atoms with Gasteiger partial charge in [0.05, 0.1) is 6.54 Å². The van der Waals surface area contributed by atoms with Crippen LogP contribution >= 0.6 is 0 Å². The molecule has 0 amide bonds. The molecule has 0 aromatic carbocycles. The first kappa shape index (κ1) is 12.8. The predicted molar refractivity (Wildman–Crippen MR) is 59.7 cm³/mol. The standard InChI is InChI=1S/C11H9F4N5/c12-7-9(8(13)11(15)18-10(7)14)16-3-6-19-17-4-20(6)5-1-2-5/h4-5H,1-3H2,(H,16,18). The SMILES string of the molecule is Fc1nc(F)c(F)c(NCc2nncn2C2CC2)c1F. The molecule has 0 spiro atoms. The topological polar surface area (TPSA) is 55.6 Å². The van der Waals surface area contributed by atoms with Gasteiger partial charge in [0.1, 0.15) is 12.0 Å². The molecule has 0 radical (unpaired) electrons. The summed E-state index contributed by atoms with van der Waals surface area (Å²) in [5.74, 6) is -6.10. The van der Waals surface area contributed by atoms with Crippen molar-refractivity contribution in [3.05, 3.63) is 35.7 Å². The number of halogens is 4. The van der Waals surface area contributed by atoms with Gasteiger partial charge in [-0.25, -0.2) is 0 Å². The van der Waals surface area contributed by atoms with Crippen molar-refractivity contribution in [2.45, 2.75) is 25.4 Å². The van der Waals surface area contributed by atoms with Crippen molar-refractivity contribution >= 4 is 5.69 Å². The highest BCUT2D eigenvalue weighted by Crippen LogP contribution is 2.35. The number of aromatic nitrogens is 4. The molecule has 1 aliphatic rings. The Morgan fingerprint density at radius 3 is 2.40 bits per heavy atom. The molecule has 0 aliphatic heterocycles. The molecule has 0 saturated heterocycles. The molecule has 1 N–H and O–H groups in total. The van der Waals surface area contributed by atoms with Crippen LogP contribution in [-0.4, -0.2) is 19.7 Å². The molecular weight excluding hydrogens is 278 g/mol. The predicted octanol–water partition coefficient (Wildman–Crippen LogP) is 2.18. The van der Waals surface area contributed by atoms with Gasteiger partial charge in [-0.2, -0.15) is 22.5 Å². The Hall–Kier alpha value is -2.19. The van der Waals surface area contributed by atoms with Crippen LogP contribution in [0.25, 0.3) is 0 Å². The third-order valence-electron chi connectivity index (χ3n) is 3.01. The Balaban J connectivity index is 1.83. The number of hydrogen-bond acceptors (Lipinski definition) is 4. The van der Waals surface area contributed by atoms with E-state index in [-0.39, 0.29) is 12.6 Å². The van der Waals surface area contributed by atoms with Gasteiger partial charge in [0, 0.05) is 6.04 Å². The second-order valence-electron chi connectivity index (χ2n) is 4.44. The fourth-order valence-electron chi connectivity index (χ4n) is 1.86. The maximum absolute atomic E-state index is 13.4. The van der Waals surface area contributed by atoms with E-state index in [0.717, 1.165) is 12.8 Å². The normalized spacial score (nSPS) is 14.6. The van der Waals surface area contributed by atoms with Gasteiger partial charge in [-0.05, 0) is 12.8 Å². The highest BCUT2D eigenvalue weighted by Gasteiger charge is 2.26. The van der Waals surface area contributed by atoms with Crippen molar-refractivity contribution in [3.63, 3.8) is 0 Å². The summed E-state index contributed by atoms with van der Waals surface area (Å²) in [6.07, 6.45) is 3.47. The highest BCUT2D eigenvalue weighted by atomic mass is 19.2. The van der Waals surface area contributed by atoms with Crippen molar-refractivity contribution < 1.29 is 17.6 Å². The Bertz CT molecular complexity index is 626. The van der Waals surface area contributed by atoms with Crippen LogP contribution in [0.15, 0.2) is 6.33 Å². The molecule has 20 heavy (non-hydrogen) atoms. The summed E-state index contributed by atoms with van der Waals surface area (Å²) in [5.41, 5.74) is -0.902. The van der Waals surface area contributed by atoms with Gasteiger partial charge in [0.15, 0.2) is 5.82 Å². The fourth-order valence-corrected chi connectivity index (χ4v) is 1.86. The number of hydrogen-bond donors (Lipinski definition) is 1. The lowest BCUT2D eigenvalue weighted by atomic mass is 10.3. The largest absolute Gasteiger partial charge is 0.373 e. The Morgan fingerprint density at radius 2 is 1.80 bits per heavy atom. The Morgan fingerprint density at radius 1 is 1.15 bits per heavy atom. The van der Waals surface area contributed by atoms with E-state index in [1.165, 1.54) is 6.33 Å². The molecule has 9 heteroatoms. The molecule has 1 aliphatic carbocycles. The second kappa shape index (κ2) is 4.73. The summed E-state index contributed by atoms with van der Waals surface area (Å²) < 4.78 is 54.4. The molecule has 0 bridgehead atoms. The van der Waals surface area contributed by atoms with E-state index in [1.807, 2.05) is 0 Å². The summed E-state index contributed by atoms with van der Waals surface area (Å²) >= 11 is 0. The molecule has 2 aromatic heterocycles. The van der Waals surface area contributed by atoms with Gasteiger partial charge in [-0.3, -0.25) is 0 Å². The lowest BCUT2D eigenvalue weighted by molar-refractivity contribution is 0.410. The van der Waals surface area contributed by atoms with E-state index >= 15 is 0 Å². The average molecular weight is 287 g/mol. The van der Waals surface area contributed by atoms with Crippen LogP contribution in [-0.2, 0) is 6.54 Å². The molecule has 106 valence electrons. The van der Waals surface area contributed by atoms with Crippen molar-refractivity contribution in [1.29, 1.82) is 0 Å². The molecule has 5 nitrogen and oxygen atoms in total. The first-order chi connectivity index (χ1) is 9.58. The van der Waals surface area contributed by atoms with Gasteiger partial charge >= 0.3 is 0 Å². The minimum Gasteiger partial charge on any atom is -0.373 e. The fraction of sp³-hybridized carbons (Fsp3) is 0.364. The van der Waals surface area contributed by atoms with E-state index < -0.39 is 29.2 Å². The molecular formula is C11H9F4N5. The summed E-state index contributed by atoms with van der Waals surface area (Å²) in [5, 5.41) is 9.79. The minimum absolute atomic E-state index is 0.104. The van der Waals surface area contributed by atoms with E-state index in [0.29, 0.717) is 5.82 Å². The Labute approximate surface area is 110 Å². The average Bonchev–Trinajstić information content (AvgIpc) is 3.16. The monoisotopic (exact) mass is 287 g/mol. The molecule has 2 aromatic rings. The van der Waals surface area contributed by atoms with Crippen LogP contribution in [0.4, 0.5) is 23.2 Å². The molecule has 0 atom stereocenters. The van der Waals surface area contributed by atoms with E-state index in [2.05, 4.69) is 20.5 Å². The zero-order chi connectivity index (χ0) is 14.3. The summed E-state index contributed by atoms with van der Waals surface area (Å²) in [6, 6.07) is 0.280. The van der Waals surface area contributed by atoms with Crippen molar-refractivity contribution in [2.24, 2.45) is 0 Å². The lowest BCUT2D eigenvalue weighted by Gasteiger charge is -2.09.